The number of hydrogen-bond donors (Lipinski definition) is 3. The van der Waals surface area contributed by atoms with Crippen molar-refractivity contribution in [1.29, 1.82) is 0 Å². The zero-order chi connectivity index (χ0) is 4.50. The van der Waals surface area contributed by atoms with Gasteiger partial charge < -0.3 is 6.15 Å². The second-order valence-electron chi connectivity index (χ2n) is 0.448. The zero-order valence-corrected chi connectivity index (χ0v) is 3.64. The quantitative estimate of drug-likeness (QED) is 0.288. The van der Waals surface area contributed by atoms with Gasteiger partial charge in [-0.1, -0.05) is 0 Å². The first-order valence-electron chi connectivity index (χ1n) is 0.698. The van der Waals surface area contributed by atoms with Crippen LogP contribution in [0, 0.1) is 0 Å². The van der Waals surface area contributed by atoms with Crippen molar-refractivity contribution >= 4 is 71.2 Å². The smallest absolute Gasteiger partial charge is 0.316 e. The Labute approximate surface area is 93.5 Å². The van der Waals surface area contributed by atoms with Gasteiger partial charge in [0.15, 0.2) is 0 Å². The fraction of sp³-hybridized carbons (Fsp3) is 0. The third-order valence-electron chi connectivity index (χ3n) is 0. The standard InChI is InChI=1S/Ca.Mg.H3N.H2O4S.4H/c;;;1-5(2,3)4;;;;/h;;1H3;(H2,1,2,3,4);;;;. The first-order chi connectivity index (χ1) is 2.00. The molecule has 8 heavy (non-hydrogen) atoms. The summed E-state index contributed by atoms with van der Waals surface area (Å²) < 4.78 is 31.6. The van der Waals surface area contributed by atoms with Gasteiger partial charge in [-0.3, -0.25) is 9.11 Å². The molecule has 0 aromatic heterocycles. The van der Waals surface area contributed by atoms with Crippen LogP contribution in [0.5, 0.6) is 0 Å². The monoisotopic (exact) mass is 183 g/mol. The maximum Gasteiger partial charge on any atom is 0.316 e. The summed E-state index contributed by atoms with van der Waals surface area (Å²) in [5.74, 6) is 0. The zero-order valence-electron chi connectivity index (χ0n) is 2.83. The Morgan fingerprint density at radius 1 is 1.12 bits per heavy atom. The Kier molecular flexibility index (Phi) is 25.0. The van der Waals surface area contributed by atoms with Crippen molar-refractivity contribution in [2.24, 2.45) is 0 Å². The van der Waals surface area contributed by atoms with Gasteiger partial charge in [0.05, 0.1) is 0 Å². The van der Waals surface area contributed by atoms with Crippen LogP contribution in [-0.2, 0) is 10.4 Å². The van der Waals surface area contributed by atoms with Gasteiger partial charge in [0.2, 0.25) is 0 Å². The average Bonchev–Trinajstić information content (AvgIpc) is 0.722. The molecule has 0 aliphatic carbocycles. The molecule has 8 heteroatoms. The van der Waals surface area contributed by atoms with Crippen molar-refractivity contribution in [3.8, 4) is 0 Å². The molecular formula is H9CaMgNO4S. The fourth-order valence-corrected chi connectivity index (χ4v) is 0. The third-order valence-corrected chi connectivity index (χ3v) is 0. The predicted molar refractivity (Wildman–Crippen MR) is 36.3 cm³/mol. The molecule has 0 fully saturated rings. The molecule has 5 N–H and O–H groups in total. The second-order valence-corrected chi connectivity index (χ2v) is 1.34. The molecule has 0 unspecified atom stereocenters. The van der Waals surface area contributed by atoms with Gasteiger partial charge >= 0.3 is 71.2 Å². The van der Waals surface area contributed by atoms with Crippen molar-refractivity contribution in [1.82, 2.24) is 6.15 Å². The topological polar surface area (TPSA) is 110 Å². The Bertz CT molecular complexity index is 99.2. The van der Waals surface area contributed by atoms with Crippen molar-refractivity contribution in [3.63, 3.8) is 0 Å². The largest absolute Gasteiger partial charge is 0.316 e. The van der Waals surface area contributed by atoms with Crippen LogP contribution in [0.25, 0.3) is 0 Å². The molecule has 0 amide bonds. The van der Waals surface area contributed by atoms with Crippen molar-refractivity contribution in [2.45, 2.75) is 0 Å². The van der Waals surface area contributed by atoms with Gasteiger partial charge in [-0.2, -0.15) is 8.42 Å². The SMILES string of the molecule is N.O=S(=O)(O)O.[CaH2].[MgH2]. The summed E-state index contributed by atoms with van der Waals surface area (Å²) in [6, 6.07) is 0. The molecule has 5 nitrogen and oxygen atoms in total. The van der Waals surface area contributed by atoms with Crippen LogP contribution in [0.1, 0.15) is 0 Å². The molecule has 0 bridgehead atoms. The molecule has 0 aliphatic heterocycles. The summed E-state index contributed by atoms with van der Waals surface area (Å²) in [5, 5.41) is 0. The van der Waals surface area contributed by atoms with Gasteiger partial charge in [-0.05, 0) is 0 Å². The molecule has 48 valence electrons. The number of hydrogen-bond acceptors (Lipinski definition) is 3. The van der Waals surface area contributed by atoms with E-state index in [1.807, 2.05) is 0 Å². The molecule has 0 aromatic carbocycles. The molecule has 0 radical (unpaired) electrons. The molecule has 0 aromatic rings. The third kappa shape index (κ3) is 107. The van der Waals surface area contributed by atoms with E-state index in [1.165, 1.54) is 0 Å². The van der Waals surface area contributed by atoms with Gasteiger partial charge in [0.1, 0.15) is 0 Å². The summed E-state index contributed by atoms with van der Waals surface area (Å²) >= 11 is 0. The van der Waals surface area contributed by atoms with E-state index in [0.29, 0.717) is 0 Å². The van der Waals surface area contributed by atoms with Gasteiger partial charge in [-0.15, -0.1) is 0 Å². The average molecular weight is 184 g/mol. The summed E-state index contributed by atoms with van der Waals surface area (Å²) in [4.78, 5) is 0. The summed E-state index contributed by atoms with van der Waals surface area (Å²) in [6.45, 7) is 0. The van der Waals surface area contributed by atoms with Crippen LogP contribution in [0.4, 0.5) is 0 Å². The van der Waals surface area contributed by atoms with E-state index in [1.54, 1.807) is 0 Å². The second kappa shape index (κ2) is 8.86. The van der Waals surface area contributed by atoms with Crippen LogP contribution in [0.15, 0.2) is 0 Å². The van der Waals surface area contributed by atoms with Crippen molar-refractivity contribution in [2.75, 3.05) is 0 Å². The van der Waals surface area contributed by atoms with E-state index in [9.17, 15) is 0 Å². The van der Waals surface area contributed by atoms with Crippen molar-refractivity contribution < 1.29 is 17.5 Å². The van der Waals surface area contributed by atoms with Gasteiger partial charge in [-0.25, -0.2) is 0 Å². The molecular weight excluding hydrogens is 174 g/mol. The Morgan fingerprint density at radius 2 is 1.12 bits per heavy atom. The fourth-order valence-electron chi connectivity index (χ4n) is 0. The first kappa shape index (κ1) is 22.5. The Balaban J connectivity index is -0.0000000267. The molecule has 0 aliphatic rings. The maximum atomic E-state index is 8.74. The van der Waals surface area contributed by atoms with Gasteiger partial charge in [0, 0.05) is 0 Å². The van der Waals surface area contributed by atoms with E-state index in [2.05, 4.69) is 0 Å². The summed E-state index contributed by atoms with van der Waals surface area (Å²) in [6.07, 6.45) is 0. The molecule has 0 spiro atoms. The predicted octanol–water partition coefficient (Wildman–Crippen LogP) is -2.32. The van der Waals surface area contributed by atoms with Crippen LogP contribution in [0.3, 0.4) is 0 Å². The normalized spacial score (nSPS) is 7.25. The Hall–Kier alpha value is 1.86. The molecule has 0 heterocycles. The van der Waals surface area contributed by atoms with Crippen LogP contribution in [-0.4, -0.2) is 78.3 Å². The Morgan fingerprint density at radius 3 is 1.12 bits per heavy atom. The summed E-state index contributed by atoms with van der Waals surface area (Å²) in [7, 11) is -4.67. The molecule has 0 atom stereocenters. The van der Waals surface area contributed by atoms with E-state index in [-0.39, 0.29) is 66.9 Å². The maximum absolute atomic E-state index is 8.74. The van der Waals surface area contributed by atoms with E-state index < -0.39 is 10.4 Å². The van der Waals surface area contributed by atoms with Crippen LogP contribution < -0.4 is 6.15 Å². The van der Waals surface area contributed by atoms with E-state index in [0.717, 1.165) is 0 Å². The summed E-state index contributed by atoms with van der Waals surface area (Å²) in [5.41, 5.74) is 0. The van der Waals surface area contributed by atoms with Crippen molar-refractivity contribution in [3.05, 3.63) is 0 Å². The first-order valence-corrected chi connectivity index (χ1v) is 2.10. The number of rotatable bonds is 0. The molecule has 0 rings (SSSR count). The minimum atomic E-state index is -4.67. The minimum absolute atomic E-state index is 0. The minimum Gasteiger partial charge on any atom is 0.316 e. The van der Waals surface area contributed by atoms with Crippen LogP contribution >= 0.6 is 0 Å². The molecule has 0 saturated carbocycles. The molecule has 0 saturated heterocycles. The van der Waals surface area contributed by atoms with Crippen LogP contribution in [0.2, 0.25) is 0 Å². The van der Waals surface area contributed by atoms with Gasteiger partial charge in [0.25, 0.3) is 0 Å². The van der Waals surface area contributed by atoms with E-state index in [4.69, 9.17) is 17.5 Å². The van der Waals surface area contributed by atoms with E-state index >= 15 is 0 Å².